The van der Waals surface area contributed by atoms with Crippen molar-refractivity contribution in [3.63, 3.8) is 0 Å². The predicted octanol–water partition coefficient (Wildman–Crippen LogP) is 4.40. The maximum absolute atomic E-state index is 11.9. The van der Waals surface area contributed by atoms with Gasteiger partial charge in [0.25, 0.3) is 0 Å². The largest absolute Gasteiger partial charge is 0.369 e. The topological polar surface area (TPSA) is 103 Å². The van der Waals surface area contributed by atoms with Crippen molar-refractivity contribution in [2.75, 3.05) is 13.1 Å². The number of thiazole rings is 1. The third-order valence-corrected chi connectivity index (χ3v) is 9.53. The van der Waals surface area contributed by atoms with Gasteiger partial charge in [0, 0.05) is 28.4 Å². The van der Waals surface area contributed by atoms with Crippen molar-refractivity contribution in [3.05, 3.63) is 60.1 Å². The molecule has 182 valence electrons. The first-order chi connectivity index (χ1) is 17.6. The molecule has 1 saturated heterocycles. The van der Waals surface area contributed by atoms with Gasteiger partial charge in [-0.15, -0.1) is 11.3 Å². The number of aromatic nitrogens is 5. The average Bonchev–Trinajstić information content (AvgIpc) is 3.22. The zero-order chi connectivity index (χ0) is 24.3. The molecule has 3 N–H and O–H groups in total. The lowest BCUT2D eigenvalue weighted by molar-refractivity contribution is -0.120. The summed E-state index contributed by atoms with van der Waals surface area (Å²) < 4.78 is 5.32. The van der Waals surface area contributed by atoms with Crippen molar-refractivity contribution in [1.29, 1.82) is 0 Å². The monoisotopic (exact) mass is 515 g/mol. The normalized spacial score (nSPS) is 17.7. The van der Waals surface area contributed by atoms with E-state index in [1.807, 2.05) is 18.5 Å². The summed E-state index contributed by atoms with van der Waals surface area (Å²) in [6.07, 6.45) is 12.0. The lowest BCUT2D eigenvalue weighted by Gasteiger charge is -2.22. The number of benzene rings is 1. The van der Waals surface area contributed by atoms with Crippen LogP contribution in [-0.4, -0.2) is 43.1 Å². The van der Waals surface area contributed by atoms with Gasteiger partial charge in [-0.1, -0.05) is 11.8 Å². The number of imidazole rings is 1. The molecule has 0 unspecified atom stereocenters. The van der Waals surface area contributed by atoms with Crippen LogP contribution in [0.4, 0.5) is 0 Å². The number of hydrogen-bond acceptors (Lipinski definition) is 7. The molecule has 2 fully saturated rings. The summed E-state index contributed by atoms with van der Waals surface area (Å²) in [5, 5.41) is 9.96. The van der Waals surface area contributed by atoms with Gasteiger partial charge < -0.3 is 11.1 Å². The Labute approximate surface area is 215 Å². The van der Waals surface area contributed by atoms with E-state index in [2.05, 4.69) is 61.1 Å². The number of rotatable bonds is 6. The van der Waals surface area contributed by atoms with E-state index in [1.165, 1.54) is 0 Å². The first-order valence-electron chi connectivity index (χ1n) is 12.2. The summed E-state index contributed by atoms with van der Waals surface area (Å²) in [5.41, 5.74) is 9.17. The van der Waals surface area contributed by atoms with Gasteiger partial charge in [-0.05, 0) is 69.1 Å². The highest BCUT2D eigenvalue weighted by molar-refractivity contribution is 7.99. The van der Waals surface area contributed by atoms with E-state index >= 15 is 0 Å². The van der Waals surface area contributed by atoms with Crippen molar-refractivity contribution in [1.82, 2.24) is 29.5 Å². The van der Waals surface area contributed by atoms with Crippen molar-refractivity contribution < 1.29 is 4.79 Å². The number of nitrogens with two attached hydrogens (primary N) is 1. The maximum atomic E-state index is 11.9. The van der Waals surface area contributed by atoms with Gasteiger partial charge in [0.15, 0.2) is 0 Å². The van der Waals surface area contributed by atoms with Crippen molar-refractivity contribution >= 4 is 44.9 Å². The van der Waals surface area contributed by atoms with Crippen LogP contribution >= 0.6 is 23.1 Å². The maximum Gasteiger partial charge on any atom is 0.230 e. The summed E-state index contributed by atoms with van der Waals surface area (Å²) in [6.45, 7) is 2.09. The molecule has 8 nitrogen and oxygen atoms in total. The zero-order valence-electron chi connectivity index (χ0n) is 19.6. The van der Waals surface area contributed by atoms with Crippen LogP contribution in [0.3, 0.4) is 0 Å². The minimum Gasteiger partial charge on any atom is -0.369 e. The average molecular weight is 516 g/mol. The van der Waals surface area contributed by atoms with Crippen LogP contribution in [0.25, 0.3) is 27.0 Å². The van der Waals surface area contributed by atoms with Crippen molar-refractivity contribution in [2.24, 2.45) is 5.73 Å². The van der Waals surface area contributed by atoms with Crippen molar-refractivity contribution in [3.8, 4) is 11.1 Å². The third kappa shape index (κ3) is 3.71. The van der Waals surface area contributed by atoms with Crippen LogP contribution in [0.1, 0.15) is 36.7 Å². The number of carbonyl (C=O) groups excluding carboxylic acids is 1. The molecular weight excluding hydrogens is 490 g/mol. The Hall–Kier alpha value is -3.21. The van der Waals surface area contributed by atoms with E-state index in [0.29, 0.717) is 6.04 Å². The quantitative estimate of drug-likeness (QED) is 0.347. The van der Waals surface area contributed by atoms with Crippen LogP contribution < -0.4 is 11.1 Å². The standard InChI is InChI=1S/C26H25N7OS2/c27-24(34)26(7-8-26)25-31-20-3-2-19(11-21(20)36-25)35-23-13-29-22-4-1-16(14-32(22)23)17-12-30-33(15-17)18-5-9-28-10-6-18/h1-4,11-15,18,28H,5-10H2,(H2,27,34). The highest BCUT2D eigenvalue weighted by Crippen LogP contribution is 2.50. The van der Waals surface area contributed by atoms with Crippen LogP contribution in [0.2, 0.25) is 0 Å². The number of primary amides is 1. The van der Waals surface area contributed by atoms with Gasteiger partial charge in [0.2, 0.25) is 5.91 Å². The number of carbonyl (C=O) groups is 1. The fraction of sp³-hybridized carbons (Fsp3) is 0.308. The molecule has 1 saturated carbocycles. The Morgan fingerprint density at radius 2 is 1.97 bits per heavy atom. The Bertz CT molecular complexity index is 1610. The number of piperidine rings is 1. The fourth-order valence-corrected chi connectivity index (χ4v) is 7.18. The number of amides is 1. The minimum absolute atomic E-state index is 0.265. The first kappa shape index (κ1) is 22.0. The number of nitrogens with zero attached hydrogens (tertiary/aromatic N) is 5. The zero-order valence-corrected chi connectivity index (χ0v) is 21.2. The number of nitrogens with one attached hydrogen (secondary N) is 1. The smallest absolute Gasteiger partial charge is 0.230 e. The summed E-state index contributed by atoms with van der Waals surface area (Å²) in [6, 6.07) is 10.9. The molecule has 0 bridgehead atoms. The molecule has 36 heavy (non-hydrogen) atoms. The summed E-state index contributed by atoms with van der Waals surface area (Å²) in [4.78, 5) is 22.4. The van der Waals surface area contributed by atoms with Crippen LogP contribution in [0.15, 0.2) is 65.0 Å². The van der Waals surface area contributed by atoms with Gasteiger partial charge >= 0.3 is 0 Å². The molecule has 2 aliphatic rings. The van der Waals surface area contributed by atoms with E-state index < -0.39 is 5.41 Å². The van der Waals surface area contributed by atoms with E-state index in [1.54, 1.807) is 23.1 Å². The Morgan fingerprint density at radius 1 is 1.11 bits per heavy atom. The van der Waals surface area contributed by atoms with E-state index in [0.717, 1.165) is 80.7 Å². The fourth-order valence-electron chi connectivity index (χ4n) is 4.95. The third-order valence-electron chi connectivity index (χ3n) is 7.30. The van der Waals surface area contributed by atoms with Crippen LogP contribution in [-0.2, 0) is 10.2 Å². The molecule has 1 aliphatic heterocycles. The summed E-state index contributed by atoms with van der Waals surface area (Å²) >= 11 is 3.25. The Morgan fingerprint density at radius 3 is 2.78 bits per heavy atom. The van der Waals surface area contributed by atoms with E-state index in [-0.39, 0.29) is 5.91 Å². The minimum atomic E-state index is -0.545. The van der Waals surface area contributed by atoms with Crippen LogP contribution in [0.5, 0.6) is 0 Å². The SMILES string of the molecule is NC(=O)C1(c2nc3ccc(Sc4cnc5ccc(-c6cnn(C7CCNCC7)c6)cn45)cc3s2)CC1. The molecule has 7 rings (SSSR count). The van der Waals surface area contributed by atoms with Gasteiger partial charge in [-0.3, -0.25) is 13.9 Å². The molecule has 1 amide bonds. The first-order valence-corrected chi connectivity index (χ1v) is 13.8. The Kier molecular flexibility index (Phi) is 5.16. The lowest BCUT2D eigenvalue weighted by atomic mass is 10.1. The summed E-state index contributed by atoms with van der Waals surface area (Å²) in [5.74, 6) is -0.265. The van der Waals surface area contributed by atoms with E-state index in [4.69, 9.17) is 10.7 Å². The molecule has 1 aliphatic carbocycles. The molecule has 4 aromatic heterocycles. The van der Waals surface area contributed by atoms with Crippen LogP contribution in [0, 0.1) is 0 Å². The highest BCUT2D eigenvalue weighted by Gasteiger charge is 2.52. The molecule has 5 heterocycles. The molecule has 0 spiro atoms. The molecule has 1 aromatic carbocycles. The summed E-state index contributed by atoms with van der Waals surface area (Å²) in [7, 11) is 0. The molecule has 5 aromatic rings. The second-order valence-corrected chi connectivity index (χ2v) is 11.8. The number of hydrogen-bond donors (Lipinski definition) is 2. The second kappa shape index (κ2) is 8.43. The van der Waals surface area contributed by atoms with Gasteiger partial charge in [-0.2, -0.15) is 5.10 Å². The molecular formula is C26H25N7OS2. The van der Waals surface area contributed by atoms with Gasteiger partial charge in [0.1, 0.15) is 21.1 Å². The molecule has 0 atom stereocenters. The van der Waals surface area contributed by atoms with Crippen molar-refractivity contribution in [2.45, 2.75) is 47.1 Å². The predicted molar refractivity (Wildman–Crippen MR) is 141 cm³/mol. The second-order valence-electron chi connectivity index (χ2n) is 9.63. The Balaban J connectivity index is 1.17. The number of fused-ring (bicyclic) bond motifs is 2. The highest BCUT2D eigenvalue weighted by atomic mass is 32.2. The number of pyridine rings is 1. The van der Waals surface area contributed by atoms with E-state index in [9.17, 15) is 4.79 Å². The van der Waals surface area contributed by atoms with Gasteiger partial charge in [-0.25, -0.2) is 9.97 Å². The lowest BCUT2D eigenvalue weighted by Crippen LogP contribution is -2.29. The molecule has 0 radical (unpaired) electrons. The molecule has 10 heteroatoms. The van der Waals surface area contributed by atoms with Gasteiger partial charge in [0.05, 0.1) is 28.7 Å².